The van der Waals surface area contributed by atoms with Gasteiger partial charge in [-0.25, -0.2) is 0 Å². The van der Waals surface area contributed by atoms with Crippen LogP contribution in [0.4, 0.5) is 0 Å². The molecule has 0 aromatic carbocycles. The van der Waals surface area contributed by atoms with Crippen molar-refractivity contribution in [1.29, 1.82) is 0 Å². The van der Waals surface area contributed by atoms with E-state index in [1.165, 1.54) is 45.2 Å². The van der Waals surface area contributed by atoms with Crippen LogP contribution in [0, 0.1) is 5.92 Å². The maximum absolute atomic E-state index is 11.5. The van der Waals surface area contributed by atoms with Crippen molar-refractivity contribution in [2.24, 2.45) is 5.92 Å². The summed E-state index contributed by atoms with van der Waals surface area (Å²) < 4.78 is 0. The molecule has 1 heterocycles. The first kappa shape index (κ1) is 12.4. The van der Waals surface area contributed by atoms with E-state index < -0.39 is 0 Å². The molecule has 1 unspecified atom stereocenters. The van der Waals surface area contributed by atoms with Crippen molar-refractivity contribution in [2.75, 3.05) is 26.2 Å². The monoisotopic (exact) mass is 251 g/mol. The third kappa shape index (κ3) is 3.69. The summed E-state index contributed by atoms with van der Waals surface area (Å²) >= 11 is 0. The lowest BCUT2D eigenvalue weighted by molar-refractivity contribution is -0.121. The zero-order valence-electron chi connectivity index (χ0n) is 11.2. The predicted octanol–water partition coefficient (Wildman–Crippen LogP) is 0.729. The van der Waals surface area contributed by atoms with E-state index in [1.807, 2.05) is 0 Å². The second kappa shape index (κ2) is 5.57. The van der Waals surface area contributed by atoms with Crippen LogP contribution in [0.15, 0.2) is 0 Å². The second-order valence-electron chi connectivity index (χ2n) is 6.18. The number of carbonyl (C=O) groups excluding carboxylic acids is 1. The number of rotatable bonds is 7. The van der Waals surface area contributed by atoms with E-state index >= 15 is 0 Å². The molecule has 0 radical (unpaired) electrons. The Morgan fingerprint density at radius 2 is 2.00 bits per heavy atom. The van der Waals surface area contributed by atoms with Gasteiger partial charge in [0.15, 0.2) is 0 Å². The van der Waals surface area contributed by atoms with Crippen LogP contribution >= 0.6 is 0 Å². The van der Waals surface area contributed by atoms with Gasteiger partial charge in [-0.15, -0.1) is 0 Å². The normalized spacial score (nSPS) is 28.6. The summed E-state index contributed by atoms with van der Waals surface area (Å²) in [6.07, 6.45) is 7.16. The van der Waals surface area contributed by atoms with Gasteiger partial charge >= 0.3 is 0 Å². The van der Waals surface area contributed by atoms with Crippen LogP contribution in [0.2, 0.25) is 0 Å². The fraction of sp³-hybridized carbons (Fsp3) is 0.929. The molecule has 102 valence electrons. The first-order chi connectivity index (χ1) is 8.81. The minimum absolute atomic E-state index is 0.219. The van der Waals surface area contributed by atoms with Crippen molar-refractivity contribution in [3.05, 3.63) is 0 Å². The minimum Gasteiger partial charge on any atom is -0.353 e. The Labute approximate surface area is 109 Å². The Balaban J connectivity index is 1.22. The molecule has 3 fully saturated rings. The van der Waals surface area contributed by atoms with Gasteiger partial charge in [-0.05, 0) is 51.1 Å². The average molecular weight is 251 g/mol. The molecular formula is C14H25N3O. The number of likely N-dealkylation sites (tertiary alicyclic amines) is 1. The zero-order chi connectivity index (χ0) is 12.4. The van der Waals surface area contributed by atoms with E-state index in [0.29, 0.717) is 12.5 Å². The Bertz CT molecular complexity index is 299. The molecule has 0 spiro atoms. The largest absolute Gasteiger partial charge is 0.353 e. The standard InChI is InChI=1S/C14H25N3O/c18-14(16-12-1-2-12)5-7-15-9-11-6-8-17(10-11)13-3-4-13/h11-13,15H,1-10H2,(H,16,18). The Hall–Kier alpha value is -0.610. The molecule has 4 nitrogen and oxygen atoms in total. The molecule has 4 heteroatoms. The molecule has 18 heavy (non-hydrogen) atoms. The average Bonchev–Trinajstić information content (AvgIpc) is 3.27. The van der Waals surface area contributed by atoms with Crippen molar-refractivity contribution in [1.82, 2.24) is 15.5 Å². The molecule has 3 rings (SSSR count). The molecule has 1 aliphatic heterocycles. The van der Waals surface area contributed by atoms with E-state index in [1.54, 1.807) is 0 Å². The fourth-order valence-electron chi connectivity index (χ4n) is 2.84. The number of nitrogens with one attached hydrogen (secondary N) is 2. The van der Waals surface area contributed by atoms with Crippen LogP contribution in [-0.4, -0.2) is 49.1 Å². The van der Waals surface area contributed by atoms with Gasteiger partial charge in [0.2, 0.25) is 5.91 Å². The Morgan fingerprint density at radius 1 is 1.17 bits per heavy atom. The summed E-state index contributed by atoms with van der Waals surface area (Å²) in [6.45, 7) is 4.48. The first-order valence-electron chi connectivity index (χ1n) is 7.55. The van der Waals surface area contributed by atoms with Crippen LogP contribution in [0.1, 0.15) is 38.5 Å². The highest BCUT2D eigenvalue weighted by Gasteiger charge is 2.34. The van der Waals surface area contributed by atoms with Crippen molar-refractivity contribution in [3.8, 4) is 0 Å². The predicted molar refractivity (Wildman–Crippen MR) is 71.4 cm³/mol. The molecule has 2 N–H and O–H groups in total. The van der Waals surface area contributed by atoms with Gasteiger partial charge in [0, 0.05) is 31.6 Å². The molecule has 1 amide bonds. The first-order valence-corrected chi connectivity index (χ1v) is 7.55. The van der Waals surface area contributed by atoms with Gasteiger partial charge in [0.25, 0.3) is 0 Å². The minimum atomic E-state index is 0.219. The molecule has 1 saturated heterocycles. The SMILES string of the molecule is O=C(CCNCC1CCN(C2CC2)C1)NC1CC1. The summed E-state index contributed by atoms with van der Waals surface area (Å²) in [5.41, 5.74) is 0. The Morgan fingerprint density at radius 3 is 2.72 bits per heavy atom. The van der Waals surface area contributed by atoms with Crippen molar-refractivity contribution >= 4 is 5.91 Å². The van der Waals surface area contributed by atoms with Crippen molar-refractivity contribution < 1.29 is 4.79 Å². The topological polar surface area (TPSA) is 44.4 Å². The Kier molecular flexibility index (Phi) is 3.85. The lowest BCUT2D eigenvalue weighted by Crippen LogP contribution is -2.32. The van der Waals surface area contributed by atoms with Crippen LogP contribution < -0.4 is 10.6 Å². The van der Waals surface area contributed by atoms with Gasteiger partial charge in [-0.1, -0.05) is 0 Å². The van der Waals surface area contributed by atoms with E-state index in [4.69, 9.17) is 0 Å². The molecular weight excluding hydrogens is 226 g/mol. The molecule has 0 bridgehead atoms. The van der Waals surface area contributed by atoms with Gasteiger partial charge in [0.1, 0.15) is 0 Å². The second-order valence-corrected chi connectivity index (χ2v) is 6.18. The molecule has 3 aliphatic rings. The maximum Gasteiger partial charge on any atom is 0.221 e. The van der Waals surface area contributed by atoms with Gasteiger partial charge in [0.05, 0.1) is 0 Å². The molecule has 1 atom stereocenters. The third-order valence-electron chi connectivity index (χ3n) is 4.28. The third-order valence-corrected chi connectivity index (χ3v) is 4.28. The highest BCUT2D eigenvalue weighted by molar-refractivity contribution is 5.76. The van der Waals surface area contributed by atoms with Gasteiger partial charge in [-0.2, -0.15) is 0 Å². The molecule has 2 saturated carbocycles. The van der Waals surface area contributed by atoms with E-state index in [2.05, 4.69) is 15.5 Å². The summed E-state index contributed by atoms with van der Waals surface area (Å²) in [4.78, 5) is 14.1. The fourth-order valence-corrected chi connectivity index (χ4v) is 2.84. The maximum atomic E-state index is 11.5. The highest BCUT2D eigenvalue weighted by atomic mass is 16.1. The summed E-state index contributed by atoms with van der Waals surface area (Å²) in [7, 11) is 0. The summed E-state index contributed by atoms with van der Waals surface area (Å²) in [6, 6.07) is 1.42. The highest BCUT2D eigenvalue weighted by Crippen LogP contribution is 2.31. The summed E-state index contributed by atoms with van der Waals surface area (Å²) in [5.74, 6) is 1.02. The summed E-state index contributed by atoms with van der Waals surface area (Å²) in [5, 5.41) is 6.47. The number of nitrogens with zero attached hydrogens (tertiary/aromatic N) is 1. The van der Waals surface area contributed by atoms with Crippen LogP contribution in [0.5, 0.6) is 0 Å². The van der Waals surface area contributed by atoms with Crippen LogP contribution in [-0.2, 0) is 4.79 Å². The van der Waals surface area contributed by atoms with Gasteiger partial charge in [-0.3, -0.25) is 4.79 Å². The number of carbonyl (C=O) groups is 1. The number of hydrogen-bond donors (Lipinski definition) is 2. The smallest absolute Gasteiger partial charge is 0.221 e. The van der Waals surface area contributed by atoms with Crippen LogP contribution in [0.25, 0.3) is 0 Å². The van der Waals surface area contributed by atoms with E-state index in [-0.39, 0.29) is 5.91 Å². The lowest BCUT2D eigenvalue weighted by Gasteiger charge is -2.15. The molecule has 0 aromatic heterocycles. The van der Waals surface area contributed by atoms with E-state index in [9.17, 15) is 4.79 Å². The van der Waals surface area contributed by atoms with Crippen LogP contribution in [0.3, 0.4) is 0 Å². The number of hydrogen-bond acceptors (Lipinski definition) is 3. The van der Waals surface area contributed by atoms with E-state index in [0.717, 1.165) is 25.0 Å². The quantitative estimate of drug-likeness (QED) is 0.656. The van der Waals surface area contributed by atoms with Crippen molar-refractivity contribution in [3.63, 3.8) is 0 Å². The van der Waals surface area contributed by atoms with Gasteiger partial charge < -0.3 is 15.5 Å². The zero-order valence-corrected chi connectivity index (χ0v) is 11.2. The van der Waals surface area contributed by atoms with Crippen molar-refractivity contribution in [2.45, 2.75) is 50.6 Å². The molecule has 2 aliphatic carbocycles. The lowest BCUT2D eigenvalue weighted by atomic mass is 10.1. The number of amides is 1. The molecule has 0 aromatic rings.